The van der Waals surface area contributed by atoms with E-state index in [-0.39, 0.29) is 0 Å². The lowest BCUT2D eigenvalue weighted by Gasteiger charge is -1.70. The molecule has 0 amide bonds. The van der Waals surface area contributed by atoms with E-state index >= 15 is 0 Å². The fraction of sp³-hybridized carbons (Fsp3) is 0. The van der Waals surface area contributed by atoms with Gasteiger partial charge in [0.05, 0.1) is 0 Å². The Morgan fingerprint density at radius 2 is 1.09 bits per heavy atom. The van der Waals surface area contributed by atoms with Gasteiger partial charge in [0.2, 0.25) is 0 Å². The second-order valence-corrected chi connectivity index (χ2v) is 4.94. The van der Waals surface area contributed by atoms with Crippen molar-refractivity contribution in [2.24, 2.45) is 0 Å². The van der Waals surface area contributed by atoms with Crippen molar-refractivity contribution in [3.8, 4) is 0 Å². The lowest BCUT2D eigenvalue weighted by Crippen LogP contribution is -1.66. The Kier molecular flexibility index (Phi) is 5.10. The quantitative estimate of drug-likeness (QED) is 0.609. The first kappa shape index (κ1) is 10.6. The van der Waals surface area contributed by atoms with Crippen molar-refractivity contribution >= 4 is 29.6 Å². The van der Waals surface area contributed by atoms with Crippen molar-refractivity contribution in [2.75, 3.05) is 0 Å². The van der Waals surface area contributed by atoms with E-state index in [1.165, 1.54) is 0 Å². The molecule has 62 valence electrons. The van der Waals surface area contributed by atoms with Crippen molar-refractivity contribution in [1.82, 2.24) is 9.97 Å². The number of halogens is 2. The largest absolute Gasteiger partial charge is 0.317 e. The Hall–Kier alpha value is -0.390. The van der Waals surface area contributed by atoms with Crippen molar-refractivity contribution in [1.29, 1.82) is 0 Å². The maximum Gasteiger partial charge on any atom is 0.317 e. The van der Waals surface area contributed by atoms with Crippen LogP contribution in [0, 0.1) is 0 Å². The average molecular weight is 215 g/mol. The highest BCUT2D eigenvalue weighted by molar-refractivity contribution is 8.31. The van der Waals surface area contributed by atoms with Gasteiger partial charge in [-0.3, -0.25) is 9.97 Å². The molecule has 0 aromatic carbocycles. The second kappa shape index (κ2) is 5.29. The van der Waals surface area contributed by atoms with E-state index in [1.54, 1.807) is 24.8 Å². The van der Waals surface area contributed by atoms with Gasteiger partial charge in [0.15, 0.2) is 0 Å². The highest BCUT2D eigenvalue weighted by Crippen LogP contribution is 1.98. The minimum atomic E-state index is -3.72. The fourth-order valence-electron chi connectivity index (χ4n) is 0.253. The molecule has 0 fully saturated rings. The number of nitrogens with zero attached hydrogens (tertiary/aromatic N) is 2. The molecule has 0 unspecified atom stereocenters. The van der Waals surface area contributed by atoms with Gasteiger partial charge in [-0.05, 0) is 0 Å². The molecule has 0 bridgehead atoms. The van der Waals surface area contributed by atoms with Gasteiger partial charge in [-0.2, -0.15) is 8.42 Å². The van der Waals surface area contributed by atoms with Gasteiger partial charge in [-0.1, -0.05) is 0 Å². The van der Waals surface area contributed by atoms with Gasteiger partial charge in [-0.15, -0.1) is 0 Å². The van der Waals surface area contributed by atoms with Crippen LogP contribution < -0.4 is 0 Å². The SMILES string of the molecule is O=S(=O)(Cl)Cl.c1cnccn1. The second-order valence-electron chi connectivity index (χ2n) is 1.27. The van der Waals surface area contributed by atoms with E-state index in [2.05, 4.69) is 31.3 Å². The Labute approximate surface area is 73.1 Å². The highest BCUT2D eigenvalue weighted by Gasteiger charge is 1.88. The summed E-state index contributed by atoms with van der Waals surface area (Å²) in [6.07, 6.45) is 6.56. The van der Waals surface area contributed by atoms with Crippen LogP contribution in [0.5, 0.6) is 0 Å². The zero-order valence-corrected chi connectivity index (χ0v) is 7.51. The van der Waals surface area contributed by atoms with E-state index < -0.39 is 8.26 Å². The smallest absolute Gasteiger partial charge is 0.262 e. The molecule has 0 spiro atoms. The van der Waals surface area contributed by atoms with Crippen LogP contribution in [0.3, 0.4) is 0 Å². The van der Waals surface area contributed by atoms with Crippen molar-refractivity contribution in [2.45, 2.75) is 0 Å². The predicted molar refractivity (Wildman–Crippen MR) is 42.7 cm³/mol. The minimum absolute atomic E-state index is 1.64. The van der Waals surface area contributed by atoms with Gasteiger partial charge in [0.25, 0.3) is 0 Å². The first-order chi connectivity index (χ1) is 5.00. The van der Waals surface area contributed by atoms with Crippen molar-refractivity contribution in [3.05, 3.63) is 24.8 Å². The summed E-state index contributed by atoms with van der Waals surface area (Å²) in [5, 5.41) is 0. The predicted octanol–water partition coefficient (Wildman–Crippen LogP) is 1.19. The summed E-state index contributed by atoms with van der Waals surface area (Å²) in [5.74, 6) is 0. The third-order valence-electron chi connectivity index (χ3n) is 0.478. The lowest BCUT2D eigenvalue weighted by molar-refractivity contribution is 0.621. The topological polar surface area (TPSA) is 59.9 Å². The number of hydrogen-bond acceptors (Lipinski definition) is 4. The molecular formula is C4H4Cl2N2O2S. The number of aromatic nitrogens is 2. The third kappa shape index (κ3) is 17.7. The Morgan fingerprint density at radius 3 is 1.18 bits per heavy atom. The molecule has 1 heterocycles. The molecule has 0 saturated heterocycles. The van der Waals surface area contributed by atoms with E-state index in [1.807, 2.05) is 0 Å². The maximum atomic E-state index is 9.16. The van der Waals surface area contributed by atoms with Gasteiger partial charge in [-0.25, -0.2) is 0 Å². The Morgan fingerprint density at radius 1 is 0.909 bits per heavy atom. The minimum Gasteiger partial charge on any atom is -0.262 e. The lowest BCUT2D eigenvalue weighted by atomic mass is 10.8. The third-order valence-corrected chi connectivity index (χ3v) is 0.478. The Bertz CT molecular complexity index is 241. The summed E-state index contributed by atoms with van der Waals surface area (Å²) in [7, 11) is 4.81. The van der Waals surface area contributed by atoms with E-state index in [9.17, 15) is 0 Å². The summed E-state index contributed by atoms with van der Waals surface area (Å²) in [5.41, 5.74) is 0. The van der Waals surface area contributed by atoms with Crippen LogP contribution in [-0.4, -0.2) is 18.4 Å². The molecule has 11 heavy (non-hydrogen) atoms. The van der Waals surface area contributed by atoms with Crippen LogP contribution in [0.1, 0.15) is 0 Å². The standard InChI is InChI=1S/C4H4N2.Cl2O2S/c1-2-6-4-3-5-1;1-5(2,3)4/h1-4H;. The Balaban J connectivity index is 0.000000187. The maximum absolute atomic E-state index is 9.16. The van der Waals surface area contributed by atoms with Crippen LogP contribution in [0.15, 0.2) is 24.8 Å². The summed E-state index contributed by atoms with van der Waals surface area (Å²) >= 11 is 0. The van der Waals surface area contributed by atoms with Gasteiger partial charge >= 0.3 is 8.26 Å². The molecule has 1 aromatic rings. The normalized spacial score (nSPS) is 9.64. The monoisotopic (exact) mass is 214 g/mol. The van der Waals surface area contributed by atoms with E-state index in [0.717, 1.165) is 0 Å². The highest BCUT2D eigenvalue weighted by atomic mass is 36.0. The van der Waals surface area contributed by atoms with Crippen LogP contribution in [-0.2, 0) is 8.26 Å². The average Bonchev–Trinajstić information content (AvgIpc) is 1.88. The van der Waals surface area contributed by atoms with Gasteiger partial charge in [0.1, 0.15) is 0 Å². The molecule has 0 saturated carbocycles. The molecule has 0 aliphatic rings. The summed E-state index contributed by atoms with van der Waals surface area (Å²) in [6, 6.07) is 0. The van der Waals surface area contributed by atoms with E-state index in [0.29, 0.717) is 0 Å². The molecule has 1 aromatic heterocycles. The summed E-state index contributed by atoms with van der Waals surface area (Å²) in [6.45, 7) is 0. The molecule has 7 heteroatoms. The van der Waals surface area contributed by atoms with Gasteiger partial charge in [0, 0.05) is 46.2 Å². The fourth-order valence-corrected chi connectivity index (χ4v) is 0.253. The van der Waals surface area contributed by atoms with Crippen molar-refractivity contribution < 1.29 is 8.42 Å². The van der Waals surface area contributed by atoms with Crippen LogP contribution >= 0.6 is 21.4 Å². The molecule has 0 atom stereocenters. The molecule has 4 nitrogen and oxygen atoms in total. The summed E-state index contributed by atoms with van der Waals surface area (Å²) < 4.78 is 18.3. The van der Waals surface area contributed by atoms with Gasteiger partial charge < -0.3 is 0 Å². The molecule has 1 rings (SSSR count). The van der Waals surface area contributed by atoms with Crippen molar-refractivity contribution in [3.63, 3.8) is 0 Å². The number of hydrogen-bond donors (Lipinski definition) is 0. The molecule has 0 aliphatic heterocycles. The zero-order valence-electron chi connectivity index (χ0n) is 5.18. The van der Waals surface area contributed by atoms with Crippen LogP contribution in [0.25, 0.3) is 0 Å². The molecule has 0 N–H and O–H groups in total. The molecule has 0 radical (unpaired) electrons. The van der Waals surface area contributed by atoms with Crippen LogP contribution in [0.2, 0.25) is 0 Å². The van der Waals surface area contributed by atoms with Crippen LogP contribution in [0.4, 0.5) is 0 Å². The summed E-state index contributed by atoms with van der Waals surface area (Å²) in [4.78, 5) is 7.44. The van der Waals surface area contributed by atoms with E-state index in [4.69, 9.17) is 8.42 Å². The first-order valence-corrected chi connectivity index (χ1v) is 5.48. The zero-order chi connectivity index (χ0) is 8.74. The molecule has 0 aliphatic carbocycles. The molecular weight excluding hydrogens is 211 g/mol. The first-order valence-electron chi connectivity index (χ1n) is 2.34. The number of rotatable bonds is 0.